The Bertz CT molecular complexity index is 979. The second-order valence-electron chi connectivity index (χ2n) is 8.45. The van der Waals surface area contributed by atoms with Crippen molar-refractivity contribution in [2.24, 2.45) is 5.92 Å². The zero-order chi connectivity index (χ0) is 22.3. The molecule has 3 aromatic carbocycles. The van der Waals surface area contributed by atoms with Gasteiger partial charge in [0.15, 0.2) is 0 Å². The maximum Gasteiger partial charge on any atom is 0.226 e. The molecule has 0 unspecified atom stereocenters. The minimum Gasteiger partial charge on any atom is -0.334 e. The first-order chi connectivity index (χ1) is 15.6. The van der Waals surface area contributed by atoms with Crippen LogP contribution in [0.5, 0.6) is 0 Å². The maximum atomic E-state index is 14.2. The van der Waals surface area contributed by atoms with Crippen LogP contribution in [0.25, 0.3) is 0 Å². The molecule has 0 aromatic heterocycles. The van der Waals surface area contributed by atoms with Crippen LogP contribution in [0.2, 0.25) is 5.02 Å². The number of hydrogen-bond donors (Lipinski definition) is 0. The summed E-state index contributed by atoms with van der Waals surface area (Å²) >= 11 is 5.86. The van der Waals surface area contributed by atoms with Gasteiger partial charge in [0.25, 0.3) is 0 Å². The van der Waals surface area contributed by atoms with Crippen molar-refractivity contribution in [3.05, 3.63) is 106 Å². The lowest BCUT2D eigenvalue weighted by atomic mass is 9.94. The number of carbonyl (C=O) groups is 1. The molecule has 0 atom stereocenters. The third-order valence-corrected chi connectivity index (χ3v) is 6.33. The molecule has 1 amide bonds. The zero-order valence-corrected chi connectivity index (χ0v) is 18.8. The first-order valence-corrected chi connectivity index (χ1v) is 11.5. The van der Waals surface area contributed by atoms with Gasteiger partial charge in [0.05, 0.1) is 0 Å². The average molecular weight is 451 g/mol. The minimum absolute atomic E-state index is 0.00580. The number of benzene rings is 3. The summed E-state index contributed by atoms with van der Waals surface area (Å²) in [5, 5.41) is 0.410. The van der Waals surface area contributed by atoms with Crippen LogP contribution >= 0.6 is 11.6 Å². The van der Waals surface area contributed by atoms with E-state index in [-0.39, 0.29) is 17.6 Å². The number of halogens is 2. The number of likely N-dealkylation sites (tertiary alicyclic amines) is 1. The molecule has 3 aromatic rings. The highest BCUT2D eigenvalue weighted by Crippen LogP contribution is 2.24. The zero-order valence-electron chi connectivity index (χ0n) is 18.1. The molecule has 0 spiro atoms. The summed E-state index contributed by atoms with van der Waals surface area (Å²) in [6.07, 6.45) is 1.57. The Labute approximate surface area is 194 Å². The van der Waals surface area contributed by atoms with Crippen LogP contribution in [0, 0.1) is 11.7 Å². The van der Waals surface area contributed by atoms with Crippen LogP contribution in [-0.2, 0) is 24.4 Å². The van der Waals surface area contributed by atoms with Gasteiger partial charge >= 0.3 is 0 Å². The largest absolute Gasteiger partial charge is 0.334 e. The molecule has 5 heteroatoms. The Morgan fingerprint density at radius 2 is 1.47 bits per heavy atom. The Kier molecular flexibility index (Phi) is 7.56. The van der Waals surface area contributed by atoms with E-state index in [2.05, 4.69) is 29.2 Å². The summed E-state index contributed by atoms with van der Waals surface area (Å²) < 4.78 is 14.2. The molecule has 4 rings (SSSR count). The van der Waals surface area contributed by atoms with Crippen molar-refractivity contribution in [3.8, 4) is 0 Å². The molecule has 1 aliphatic rings. The van der Waals surface area contributed by atoms with Gasteiger partial charge in [0, 0.05) is 36.1 Å². The SMILES string of the molecule is O=C(C1CCN(Cc2ccc(Cl)cc2F)CC1)N(Cc1ccccc1)Cc1ccccc1. The number of amides is 1. The quantitative estimate of drug-likeness (QED) is 0.446. The summed E-state index contributed by atoms with van der Waals surface area (Å²) in [7, 11) is 0. The summed E-state index contributed by atoms with van der Waals surface area (Å²) in [5.74, 6) is -0.0728. The molecule has 0 radical (unpaired) electrons. The molecule has 0 N–H and O–H groups in total. The minimum atomic E-state index is -0.271. The summed E-state index contributed by atoms with van der Waals surface area (Å²) in [6.45, 7) is 3.31. The summed E-state index contributed by atoms with van der Waals surface area (Å²) in [5.41, 5.74) is 2.91. The Balaban J connectivity index is 1.40. The van der Waals surface area contributed by atoms with E-state index >= 15 is 0 Å². The molecular formula is C27H28ClFN2O. The van der Waals surface area contributed by atoms with Crippen LogP contribution < -0.4 is 0 Å². The first kappa shape index (κ1) is 22.5. The molecule has 1 fully saturated rings. The lowest BCUT2D eigenvalue weighted by molar-refractivity contribution is -0.138. The van der Waals surface area contributed by atoms with Gasteiger partial charge < -0.3 is 4.90 Å². The van der Waals surface area contributed by atoms with E-state index < -0.39 is 0 Å². The third kappa shape index (κ3) is 5.96. The first-order valence-electron chi connectivity index (χ1n) is 11.1. The monoisotopic (exact) mass is 450 g/mol. The van der Waals surface area contributed by atoms with Crippen molar-refractivity contribution in [2.45, 2.75) is 32.5 Å². The Morgan fingerprint density at radius 3 is 2.00 bits per heavy atom. The number of nitrogens with zero attached hydrogens (tertiary/aromatic N) is 2. The number of piperidine rings is 1. The second-order valence-corrected chi connectivity index (χ2v) is 8.89. The second kappa shape index (κ2) is 10.8. The van der Waals surface area contributed by atoms with E-state index in [1.807, 2.05) is 41.3 Å². The molecule has 32 heavy (non-hydrogen) atoms. The van der Waals surface area contributed by atoms with Gasteiger partial charge in [-0.05, 0) is 49.2 Å². The van der Waals surface area contributed by atoms with E-state index in [0.717, 1.165) is 37.1 Å². The van der Waals surface area contributed by atoms with Crippen molar-refractivity contribution in [2.75, 3.05) is 13.1 Å². The van der Waals surface area contributed by atoms with Crippen molar-refractivity contribution in [1.29, 1.82) is 0 Å². The Morgan fingerprint density at radius 1 is 0.906 bits per heavy atom. The Hall–Kier alpha value is -2.69. The van der Waals surface area contributed by atoms with E-state index in [4.69, 9.17) is 11.6 Å². The van der Waals surface area contributed by atoms with Gasteiger partial charge in [-0.25, -0.2) is 4.39 Å². The van der Waals surface area contributed by atoms with Crippen molar-refractivity contribution >= 4 is 17.5 Å². The molecule has 1 aliphatic heterocycles. The van der Waals surface area contributed by atoms with Crippen LogP contribution in [-0.4, -0.2) is 28.8 Å². The van der Waals surface area contributed by atoms with Gasteiger partial charge in [-0.2, -0.15) is 0 Å². The van der Waals surface area contributed by atoms with Gasteiger partial charge in [-0.1, -0.05) is 78.3 Å². The van der Waals surface area contributed by atoms with Crippen molar-refractivity contribution < 1.29 is 9.18 Å². The lowest BCUT2D eigenvalue weighted by Crippen LogP contribution is -2.42. The predicted octanol–water partition coefficient (Wildman–Crippen LogP) is 5.92. The molecule has 0 saturated carbocycles. The fourth-order valence-corrected chi connectivity index (χ4v) is 4.47. The number of hydrogen-bond acceptors (Lipinski definition) is 2. The normalized spacial score (nSPS) is 14.9. The fraction of sp³-hybridized carbons (Fsp3) is 0.296. The highest BCUT2D eigenvalue weighted by molar-refractivity contribution is 6.30. The topological polar surface area (TPSA) is 23.6 Å². The molecule has 0 bridgehead atoms. The lowest BCUT2D eigenvalue weighted by Gasteiger charge is -2.34. The molecule has 1 heterocycles. The molecular weight excluding hydrogens is 423 g/mol. The smallest absolute Gasteiger partial charge is 0.226 e. The van der Waals surface area contributed by atoms with Crippen molar-refractivity contribution in [3.63, 3.8) is 0 Å². The maximum absolute atomic E-state index is 14.2. The van der Waals surface area contributed by atoms with Crippen LogP contribution in [0.1, 0.15) is 29.5 Å². The molecule has 0 aliphatic carbocycles. The number of carbonyl (C=O) groups excluding carboxylic acids is 1. The van der Waals surface area contributed by atoms with E-state index in [1.54, 1.807) is 12.1 Å². The number of rotatable bonds is 7. The standard InChI is InChI=1S/C27H28ClFN2O/c28-25-12-11-24(26(29)17-25)20-30-15-13-23(14-16-30)27(32)31(18-21-7-3-1-4-8-21)19-22-9-5-2-6-10-22/h1-12,17,23H,13-16,18-20H2. The van der Waals surface area contributed by atoms with E-state index in [9.17, 15) is 9.18 Å². The molecule has 166 valence electrons. The summed E-state index contributed by atoms with van der Waals surface area (Å²) in [4.78, 5) is 17.7. The van der Waals surface area contributed by atoms with Crippen LogP contribution in [0.3, 0.4) is 0 Å². The predicted molar refractivity (Wildman–Crippen MR) is 127 cm³/mol. The van der Waals surface area contributed by atoms with E-state index in [0.29, 0.717) is 30.2 Å². The highest BCUT2D eigenvalue weighted by atomic mass is 35.5. The van der Waals surface area contributed by atoms with Gasteiger partial charge in [0.1, 0.15) is 5.82 Å². The third-order valence-electron chi connectivity index (χ3n) is 6.09. The van der Waals surface area contributed by atoms with E-state index in [1.165, 1.54) is 6.07 Å². The van der Waals surface area contributed by atoms with Gasteiger partial charge in [0.2, 0.25) is 5.91 Å². The van der Waals surface area contributed by atoms with Crippen LogP contribution in [0.4, 0.5) is 4.39 Å². The molecule has 1 saturated heterocycles. The highest BCUT2D eigenvalue weighted by Gasteiger charge is 2.29. The molecule has 3 nitrogen and oxygen atoms in total. The average Bonchev–Trinajstić information content (AvgIpc) is 2.82. The van der Waals surface area contributed by atoms with Gasteiger partial charge in [-0.15, -0.1) is 0 Å². The summed E-state index contributed by atoms with van der Waals surface area (Å²) in [6, 6.07) is 25.1. The van der Waals surface area contributed by atoms with Crippen molar-refractivity contribution in [1.82, 2.24) is 9.80 Å². The van der Waals surface area contributed by atoms with Gasteiger partial charge in [-0.3, -0.25) is 9.69 Å². The van der Waals surface area contributed by atoms with Crippen LogP contribution in [0.15, 0.2) is 78.9 Å². The fourth-order valence-electron chi connectivity index (χ4n) is 4.31.